The van der Waals surface area contributed by atoms with Gasteiger partial charge in [-0.05, 0) is 13.0 Å². The van der Waals surface area contributed by atoms with Crippen molar-refractivity contribution in [2.75, 3.05) is 5.32 Å². The molecule has 94 valence electrons. The fourth-order valence-corrected chi connectivity index (χ4v) is 1.66. The van der Waals surface area contributed by atoms with Crippen LogP contribution in [0.5, 0.6) is 0 Å². The highest BCUT2D eigenvalue weighted by Gasteiger charge is 2.07. The Labute approximate surface area is 109 Å². The highest BCUT2D eigenvalue weighted by molar-refractivity contribution is 6.32. The highest BCUT2D eigenvalue weighted by Crippen LogP contribution is 2.15. The number of aromatic nitrogens is 4. The Balaban J connectivity index is 2.16. The van der Waals surface area contributed by atoms with Gasteiger partial charge in [-0.2, -0.15) is 5.10 Å². The van der Waals surface area contributed by atoms with Gasteiger partial charge < -0.3 is 5.32 Å². The number of nitrogens with one attached hydrogen (secondary N) is 1. The molecule has 2 heterocycles. The van der Waals surface area contributed by atoms with Crippen LogP contribution in [0.3, 0.4) is 0 Å². The van der Waals surface area contributed by atoms with Gasteiger partial charge in [0, 0.05) is 13.2 Å². The van der Waals surface area contributed by atoms with Gasteiger partial charge in [0.25, 0.3) is 5.56 Å². The smallest absolute Gasteiger partial charge is 0.287 e. The minimum absolute atomic E-state index is 0.123. The molecule has 0 amide bonds. The zero-order valence-corrected chi connectivity index (χ0v) is 10.8. The summed E-state index contributed by atoms with van der Waals surface area (Å²) in [5, 5.41) is 7.04. The van der Waals surface area contributed by atoms with Crippen molar-refractivity contribution in [1.82, 2.24) is 19.7 Å². The van der Waals surface area contributed by atoms with Crippen molar-refractivity contribution < 1.29 is 0 Å². The maximum atomic E-state index is 11.6. The van der Waals surface area contributed by atoms with Crippen molar-refractivity contribution >= 4 is 17.3 Å². The number of anilines is 1. The van der Waals surface area contributed by atoms with Crippen molar-refractivity contribution in [1.29, 1.82) is 0 Å². The maximum absolute atomic E-state index is 11.6. The summed E-state index contributed by atoms with van der Waals surface area (Å²) in [6.45, 7) is 2.27. The third-order valence-corrected chi connectivity index (χ3v) is 2.74. The summed E-state index contributed by atoms with van der Waals surface area (Å²) in [6, 6.07) is 1.79. The molecule has 2 rings (SSSR count). The van der Waals surface area contributed by atoms with Crippen LogP contribution in [0.1, 0.15) is 11.5 Å². The molecule has 0 aliphatic rings. The summed E-state index contributed by atoms with van der Waals surface area (Å²) in [5.41, 5.74) is 0.982. The van der Waals surface area contributed by atoms with Gasteiger partial charge in [0.1, 0.15) is 10.8 Å². The van der Waals surface area contributed by atoms with Gasteiger partial charge in [0.05, 0.1) is 24.1 Å². The van der Waals surface area contributed by atoms with Crippen LogP contribution in [0, 0.1) is 6.92 Å². The first kappa shape index (κ1) is 12.5. The van der Waals surface area contributed by atoms with Crippen molar-refractivity contribution in [3.05, 3.63) is 45.4 Å². The first-order valence-corrected chi connectivity index (χ1v) is 5.70. The van der Waals surface area contributed by atoms with Crippen molar-refractivity contribution in [3.63, 3.8) is 0 Å². The third kappa shape index (κ3) is 2.65. The van der Waals surface area contributed by atoms with Crippen LogP contribution in [0.4, 0.5) is 5.69 Å². The number of hydrogen-bond donors (Lipinski definition) is 1. The third-order valence-electron chi connectivity index (χ3n) is 2.37. The Morgan fingerprint density at radius 3 is 3.00 bits per heavy atom. The second kappa shape index (κ2) is 5.14. The quantitative estimate of drug-likeness (QED) is 0.901. The molecule has 0 unspecified atom stereocenters. The number of aryl methyl sites for hydroxylation is 2. The van der Waals surface area contributed by atoms with Crippen LogP contribution < -0.4 is 10.9 Å². The van der Waals surface area contributed by atoms with E-state index >= 15 is 0 Å². The van der Waals surface area contributed by atoms with Crippen LogP contribution in [0.15, 0.2) is 23.3 Å². The lowest BCUT2D eigenvalue weighted by Gasteiger charge is -2.08. The van der Waals surface area contributed by atoms with E-state index in [4.69, 9.17) is 11.6 Å². The highest BCUT2D eigenvalue weighted by atomic mass is 35.5. The van der Waals surface area contributed by atoms with Gasteiger partial charge in [-0.15, -0.1) is 0 Å². The fourth-order valence-electron chi connectivity index (χ4n) is 1.42. The monoisotopic (exact) mass is 265 g/mol. The number of nitrogens with zero attached hydrogens (tertiary/aromatic N) is 4. The lowest BCUT2D eigenvalue weighted by atomic mass is 10.3. The summed E-state index contributed by atoms with van der Waals surface area (Å²) in [7, 11) is 1.55. The number of halogens is 1. The second-order valence-electron chi connectivity index (χ2n) is 3.75. The van der Waals surface area contributed by atoms with E-state index in [9.17, 15) is 4.79 Å². The molecule has 0 radical (unpaired) electrons. The summed E-state index contributed by atoms with van der Waals surface area (Å²) in [4.78, 5) is 19.8. The van der Waals surface area contributed by atoms with E-state index in [0.29, 0.717) is 18.1 Å². The van der Waals surface area contributed by atoms with E-state index < -0.39 is 0 Å². The second-order valence-corrected chi connectivity index (χ2v) is 4.13. The van der Waals surface area contributed by atoms with Gasteiger partial charge in [-0.1, -0.05) is 11.6 Å². The van der Waals surface area contributed by atoms with Gasteiger partial charge >= 0.3 is 0 Å². The number of rotatable bonds is 3. The SMILES string of the molecule is Cc1nccc(CNc2cnn(C)c(=O)c2Cl)n1. The minimum atomic E-state index is -0.333. The molecule has 7 heteroatoms. The van der Waals surface area contributed by atoms with E-state index in [1.807, 2.05) is 6.92 Å². The van der Waals surface area contributed by atoms with Gasteiger partial charge in [-0.25, -0.2) is 14.6 Å². The van der Waals surface area contributed by atoms with Gasteiger partial charge in [0.15, 0.2) is 0 Å². The van der Waals surface area contributed by atoms with Crippen LogP contribution in [-0.2, 0) is 13.6 Å². The lowest BCUT2D eigenvalue weighted by molar-refractivity contribution is 0.708. The molecule has 0 aliphatic carbocycles. The van der Waals surface area contributed by atoms with Crippen molar-refractivity contribution in [2.45, 2.75) is 13.5 Å². The van der Waals surface area contributed by atoms with Crippen molar-refractivity contribution in [2.24, 2.45) is 7.05 Å². The zero-order valence-electron chi connectivity index (χ0n) is 10.0. The first-order chi connectivity index (χ1) is 8.58. The number of hydrogen-bond acceptors (Lipinski definition) is 5. The Kier molecular flexibility index (Phi) is 3.57. The largest absolute Gasteiger partial charge is 0.377 e. The Hall–Kier alpha value is -1.95. The van der Waals surface area contributed by atoms with Crippen LogP contribution in [0.2, 0.25) is 5.02 Å². The van der Waals surface area contributed by atoms with Gasteiger partial charge in [0.2, 0.25) is 0 Å². The normalized spacial score (nSPS) is 10.4. The zero-order chi connectivity index (χ0) is 13.1. The predicted octanol–water partition coefficient (Wildman–Crippen LogP) is 1.14. The Morgan fingerprint density at radius 2 is 2.28 bits per heavy atom. The molecule has 2 aromatic rings. The molecular formula is C11H12ClN5O. The average Bonchev–Trinajstić information content (AvgIpc) is 2.35. The first-order valence-electron chi connectivity index (χ1n) is 5.32. The molecule has 0 fully saturated rings. The molecular weight excluding hydrogens is 254 g/mol. The van der Waals surface area contributed by atoms with E-state index in [0.717, 1.165) is 5.69 Å². The standard InChI is InChI=1S/C11H12ClN5O/c1-7-13-4-3-8(16-7)5-14-9-6-15-17(2)11(18)10(9)12/h3-4,6,14H,5H2,1-2H3. The summed E-state index contributed by atoms with van der Waals surface area (Å²) in [5.74, 6) is 0.697. The lowest BCUT2D eigenvalue weighted by Crippen LogP contribution is -2.21. The molecule has 0 saturated carbocycles. The van der Waals surface area contributed by atoms with Crippen LogP contribution in [-0.4, -0.2) is 19.7 Å². The molecule has 0 aliphatic heterocycles. The molecule has 0 aromatic carbocycles. The van der Waals surface area contributed by atoms with Gasteiger partial charge in [-0.3, -0.25) is 4.79 Å². The molecule has 2 aromatic heterocycles. The fraction of sp³-hybridized carbons (Fsp3) is 0.273. The van der Waals surface area contributed by atoms with E-state index in [2.05, 4.69) is 20.4 Å². The molecule has 6 nitrogen and oxygen atoms in total. The molecule has 0 saturated heterocycles. The summed E-state index contributed by atoms with van der Waals surface area (Å²) < 4.78 is 1.18. The van der Waals surface area contributed by atoms with E-state index in [-0.39, 0.29) is 10.6 Å². The van der Waals surface area contributed by atoms with Crippen LogP contribution in [0.25, 0.3) is 0 Å². The summed E-state index contributed by atoms with van der Waals surface area (Å²) >= 11 is 5.93. The molecule has 1 N–H and O–H groups in total. The molecule has 0 spiro atoms. The molecule has 0 atom stereocenters. The average molecular weight is 266 g/mol. The van der Waals surface area contributed by atoms with E-state index in [1.54, 1.807) is 19.3 Å². The molecule has 0 bridgehead atoms. The Morgan fingerprint density at radius 1 is 1.50 bits per heavy atom. The van der Waals surface area contributed by atoms with Crippen LogP contribution >= 0.6 is 11.6 Å². The van der Waals surface area contributed by atoms with E-state index in [1.165, 1.54) is 10.9 Å². The molecule has 18 heavy (non-hydrogen) atoms. The predicted molar refractivity (Wildman–Crippen MR) is 68.6 cm³/mol. The minimum Gasteiger partial charge on any atom is -0.377 e. The van der Waals surface area contributed by atoms with Crippen molar-refractivity contribution in [3.8, 4) is 0 Å². The Bertz CT molecular complexity index is 625. The summed E-state index contributed by atoms with van der Waals surface area (Å²) in [6.07, 6.45) is 3.20. The maximum Gasteiger partial charge on any atom is 0.287 e. The topological polar surface area (TPSA) is 72.7 Å².